The van der Waals surface area contributed by atoms with Crippen molar-refractivity contribution in [2.45, 2.75) is 77.5 Å². The monoisotopic (exact) mass is 482 g/mol. The first-order valence-electron chi connectivity index (χ1n) is 11.5. The molecule has 0 saturated carbocycles. The molecule has 0 fully saturated rings. The highest BCUT2D eigenvalue weighted by molar-refractivity contribution is 6.46. The number of phenolic OH excluding ortho intramolecular Hbond substituents is 1. The Labute approximate surface area is 205 Å². The molecule has 10 nitrogen and oxygen atoms in total. The fourth-order valence-corrected chi connectivity index (χ4v) is 4.08. The lowest BCUT2D eigenvalue weighted by Crippen LogP contribution is -2.53. The van der Waals surface area contributed by atoms with Gasteiger partial charge in [-0.3, -0.25) is 30.1 Å². The van der Waals surface area contributed by atoms with Gasteiger partial charge in [0.2, 0.25) is 0 Å². The molecule has 3 aliphatic rings. The molecule has 0 aromatic heterocycles. The Morgan fingerprint density at radius 1 is 0.800 bits per heavy atom. The van der Waals surface area contributed by atoms with Gasteiger partial charge in [-0.1, -0.05) is 0 Å². The number of nitrogens with zero attached hydrogens (tertiary/aromatic N) is 6. The minimum absolute atomic E-state index is 0.0406. The summed E-state index contributed by atoms with van der Waals surface area (Å²) < 4.78 is 0. The van der Waals surface area contributed by atoms with Crippen molar-refractivity contribution in [3.8, 4) is 5.75 Å². The lowest BCUT2D eigenvalue weighted by atomic mass is 9.84. The van der Waals surface area contributed by atoms with Gasteiger partial charge in [0.25, 0.3) is 5.91 Å². The van der Waals surface area contributed by atoms with E-state index >= 15 is 0 Å². The highest BCUT2D eigenvalue weighted by Crippen LogP contribution is 2.39. The highest BCUT2D eigenvalue weighted by Gasteiger charge is 2.52. The van der Waals surface area contributed by atoms with Gasteiger partial charge in [0, 0.05) is 12.6 Å². The molecule has 0 aliphatic carbocycles. The van der Waals surface area contributed by atoms with Crippen LogP contribution in [0.5, 0.6) is 5.75 Å². The van der Waals surface area contributed by atoms with Crippen molar-refractivity contribution in [2.75, 3.05) is 7.05 Å². The summed E-state index contributed by atoms with van der Waals surface area (Å²) in [6.07, 6.45) is 1.55. The van der Waals surface area contributed by atoms with E-state index in [0.29, 0.717) is 17.0 Å². The summed E-state index contributed by atoms with van der Waals surface area (Å²) in [6.45, 7) is 15.2. The second-order valence-electron chi connectivity index (χ2n) is 11.4. The smallest absolute Gasteiger partial charge is 0.277 e. The SMILES string of the molecule is CN1C(=O)/C(=C/c2cc(O)cc(C3=NC(C)(C)C(C)(C)N3O)c2)N=C1C1=NC(C)(C)C(C)(C)N1O. The Morgan fingerprint density at radius 2 is 1.31 bits per heavy atom. The van der Waals surface area contributed by atoms with Crippen LogP contribution in [0.1, 0.15) is 66.5 Å². The number of likely N-dealkylation sites (N-methyl/N-ethyl adjacent to an activating group) is 1. The fourth-order valence-electron chi connectivity index (χ4n) is 4.08. The molecule has 1 aromatic rings. The van der Waals surface area contributed by atoms with Crippen LogP contribution in [0.15, 0.2) is 38.9 Å². The number of hydroxylamine groups is 4. The standard InChI is InChI=1S/C25H34N6O4/c1-22(2)24(5,6)30(34)18(27-22)15-10-14(11-16(32)13-15)12-17-21(33)29(9)19(26-17)20-28-23(3,4)25(7,8)31(20)35/h10-13,32,34-35H,1-9H3/b17-12-. The quantitative estimate of drug-likeness (QED) is 0.568. The lowest BCUT2D eigenvalue weighted by Gasteiger charge is -2.36. The van der Waals surface area contributed by atoms with E-state index in [1.54, 1.807) is 19.2 Å². The van der Waals surface area contributed by atoms with Crippen LogP contribution >= 0.6 is 0 Å². The van der Waals surface area contributed by atoms with E-state index in [9.17, 15) is 20.3 Å². The summed E-state index contributed by atoms with van der Waals surface area (Å²) in [4.78, 5) is 28.1. The second-order valence-corrected chi connectivity index (χ2v) is 11.4. The van der Waals surface area contributed by atoms with Gasteiger partial charge in [0.05, 0.1) is 22.2 Å². The first kappa shape index (κ1) is 24.9. The van der Waals surface area contributed by atoms with Crippen LogP contribution in [0.3, 0.4) is 0 Å². The molecule has 0 unspecified atom stereocenters. The van der Waals surface area contributed by atoms with Crippen LogP contribution in [0.2, 0.25) is 0 Å². The van der Waals surface area contributed by atoms with E-state index < -0.39 is 22.2 Å². The highest BCUT2D eigenvalue weighted by atomic mass is 16.5. The topological polar surface area (TPSA) is 125 Å². The predicted molar refractivity (Wildman–Crippen MR) is 134 cm³/mol. The molecule has 0 saturated heterocycles. The normalized spacial score (nSPS) is 25.3. The van der Waals surface area contributed by atoms with Crippen molar-refractivity contribution < 1.29 is 20.3 Å². The molecule has 10 heteroatoms. The maximum atomic E-state index is 13.0. The number of rotatable bonds is 3. The number of carbonyl (C=O) groups excluding carboxylic acids is 1. The molecular weight excluding hydrogens is 448 g/mol. The van der Waals surface area contributed by atoms with Gasteiger partial charge in [-0.05, 0) is 85.2 Å². The minimum Gasteiger partial charge on any atom is -0.508 e. The maximum absolute atomic E-state index is 13.0. The van der Waals surface area contributed by atoms with Crippen molar-refractivity contribution in [3.63, 3.8) is 0 Å². The van der Waals surface area contributed by atoms with Gasteiger partial charge in [-0.15, -0.1) is 0 Å². The van der Waals surface area contributed by atoms with Crippen molar-refractivity contribution in [2.24, 2.45) is 15.0 Å². The molecule has 0 radical (unpaired) electrons. The van der Waals surface area contributed by atoms with Crippen molar-refractivity contribution in [3.05, 3.63) is 35.0 Å². The number of aromatic hydroxyl groups is 1. The largest absolute Gasteiger partial charge is 0.508 e. The Kier molecular flexibility index (Phi) is 5.24. The molecule has 0 spiro atoms. The van der Waals surface area contributed by atoms with Crippen molar-refractivity contribution in [1.82, 2.24) is 15.0 Å². The second kappa shape index (κ2) is 7.38. The third kappa shape index (κ3) is 3.54. The lowest BCUT2D eigenvalue weighted by molar-refractivity contribution is -0.121. The average molecular weight is 483 g/mol. The van der Waals surface area contributed by atoms with E-state index in [-0.39, 0.29) is 29.0 Å². The molecule has 35 heavy (non-hydrogen) atoms. The Hall–Kier alpha value is -3.24. The molecule has 188 valence electrons. The first-order chi connectivity index (χ1) is 15.9. The van der Waals surface area contributed by atoms with E-state index in [1.165, 1.54) is 17.0 Å². The van der Waals surface area contributed by atoms with Crippen LogP contribution in [0, 0.1) is 0 Å². The Bertz CT molecular complexity index is 1240. The minimum atomic E-state index is -0.693. The van der Waals surface area contributed by atoms with Gasteiger partial charge in [0.15, 0.2) is 17.5 Å². The van der Waals surface area contributed by atoms with E-state index in [2.05, 4.69) is 15.0 Å². The van der Waals surface area contributed by atoms with Crippen LogP contribution in [0.25, 0.3) is 6.08 Å². The zero-order valence-corrected chi connectivity index (χ0v) is 21.7. The number of benzene rings is 1. The average Bonchev–Trinajstić information content (AvgIpc) is 3.17. The van der Waals surface area contributed by atoms with Crippen LogP contribution in [0.4, 0.5) is 0 Å². The molecule has 3 aliphatic heterocycles. The summed E-state index contributed by atoms with van der Waals surface area (Å²) in [6, 6.07) is 4.74. The Balaban J connectivity index is 1.74. The predicted octanol–water partition coefficient (Wildman–Crippen LogP) is 3.27. The van der Waals surface area contributed by atoms with E-state index in [4.69, 9.17) is 0 Å². The number of amidine groups is 3. The summed E-state index contributed by atoms with van der Waals surface area (Å²) >= 11 is 0. The first-order valence-corrected chi connectivity index (χ1v) is 11.5. The molecule has 4 rings (SSSR count). The number of amides is 1. The third-order valence-corrected chi connectivity index (χ3v) is 8.00. The summed E-state index contributed by atoms with van der Waals surface area (Å²) in [7, 11) is 1.58. The maximum Gasteiger partial charge on any atom is 0.277 e. The molecule has 1 amide bonds. The van der Waals surface area contributed by atoms with Gasteiger partial charge in [-0.25, -0.2) is 15.1 Å². The van der Waals surface area contributed by atoms with Crippen molar-refractivity contribution >= 4 is 29.5 Å². The summed E-state index contributed by atoms with van der Waals surface area (Å²) in [5.74, 6) is 0.383. The van der Waals surface area contributed by atoms with Crippen LogP contribution < -0.4 is 0 Å². The van der Waals surface area contributed by atoms with Gasteiger partial charge in [0.1, 0.15) is 11.4 Å². The fraction of sp³-hybridized carbons (Fsp3) is 0.520. The molecule has 3 N–H and O–H groups in total. The number of carbonyl (C=O) groups is 1. The molecule has 0 atom stereocenters. The Morgan fingerprint density at radius 3 is 1.80 bits per heavy atom. The van der Waals surface area contributed by atoms with Crippen molar-refractivity contribution in [1.29, 1.82) is 0 Å². The van der Waals surface area contributed by atoms with Crippen LogP contribution in [-0.4, -0.2) is 83.2 Å². The third-order valence-electron chi connectivity index (χ3n) is 8.00. The number of phenols is 1. The number of hydrogen-bond acceptors (Lipinski definition) is 9. The van der Waals surface area contributed by atoms with Crippen LogP contribution in [-0.2, 0) is 4.79 Å². The van der Waals surface area contributed by atoms with Gasteiger partial charge in [-0.2, -0.15) is 0 Å². The molecule has 3 heterocycles. The molecular formula is C25H34N6O4. The molecule has 0 bridgehead atoms. The zero-order valence-electron chi connectivity index (χ0n) is 21.7. The van der Waals surface area contributed by atoms with Gasteiger partial charge < -0.3 is 5.11 Å². The summed E-state index contributed by atoms with van der Waals surface area (Å²) in [5.41, 5.74) is -1.37. The summed E-state index contributed by atoms with van der Waals surface area (Å²) in [5, 5.41) is 34.1. The van der Waals surface area contributed by atoms with E-state index in [0.717, 1.165) is 10.1 Å². The number of hydrogen-bond donors (Lipinski definition) is 3. The van der Waals surface area contributed by atoms with Gasteiger partial charge >= 0.3 is 0 Å². The zero-order chi connectivity index (χ0) is 26.3. The molecule has 1 aromatic carbocycles. The van der Waals surface area contributed by atoms with E-state index in [1.807, 2.05) is 55.4 Å². The number of aliphatic imine (C=N–C) groups is 3.